The third kappa shape index (κ3) is 4.64. The van der Waals surface area contributed by atoms with E-state index in [1.54, 1.807) is 23.8 Å². The molecule has 1 aromatic rings. The van der Waals surface area contributed by atoms with Gasteiger partial charge in [-0.2, -0.15) is 0 Å². The second kappa shape index (κ2) is 8.24. The number of nitrogens with one attached hydrogen (secondary N) is 1. The predicted octanol–water partition coefficient (Wildman–Crippen LogP) is 2.05. The van der Waals surface area contributed by atoms with Gasteiger partial charge in [0.05, 0.1) is 19.4 Å². The summed E-state index contributed by atoms with van der Waals surface area (Å²) >= 11 is 1.62. The van der Waals surface area contributed by atoms with Gasteiger partial charge >= 0.3 is 0 Å². The van der Waals surface area contributed by atoms with Gasteiger partial charge in [-0.3, -0.25) is 9.59 Å². The van der Waals surface area contributed by atoms with E-state index in [4.69, 9.17) is 4.74 Å². The van der Waals surface area contributed by atoms with E-state index in [0.717, 1.165) is 17.7 Å². The largest absolute Gasteiger partial charge is 0.497 e. The normalized spacial score (nSPS) is 18.6. The summed E-state index contributed by atoms with van der Waals surface area (Å²) in [5.74, 6) is 1.89. The lowest BCUT2D eigenvalue weighted by Crippen LogP contribution is -2.49. The van der Waals surface area contributed by atoms with Crippen molar-refractivity contribution in [2.45, 2.75) is 38.8 Å². The highest BCUT2D eigenvalue weighted by Gasteiger charge is 2.34. The van der Waals surface area contributed by atoms with Crippen molar-refractivity contribution in [3.8, 4) is 5.75 Å². The van der Waals surface area contributed by atoms with Crippen LogP contribution in [0.2, 0.25) is 0 Å². The molecule has 5 nitrogen and oxygen atoms in total. The van der Waals surface area contributed by atoms with Gasteiger partial charge in [-0.25, -0.2) is 0 Å². The van der Waals surface area contributed by atoms with Gasteiger partial charge in [-0.15, -0.1) is 11.8 Å². The van der Waals surface area contributed by atoms with Crippen LogP contribution in [-0.2, 0) is 16.0 Å². The lowest BCUT2D eigenvalue weighted by molar-refractivity contribution is -0.137. The summed E-state index contributed by atoms with van der Waals surface area (Å²) < 4.78 is 5.18. The minimum Gasteiger partial charge on any atom is -0.497 e. The van der Waals surface area contributed by atoms with Gasteiger partial charge in [-0.05, 0) is 31.0 Å². The Hall–Kier alpha value is -1.69. The minimum absolute atomic E-state index is 0.0208. The number of nitrogens with zero attached hydrogens (tertiary/aromatic N) is 1. The van der Waals surface area contributed by atoms with Gasteiger partial charge in [0.1, 0.15) is 11.8 Å². The molecule has 6 heteroatoms. The highest BCUT2D eigenvalue weighted by molar-refractivity contribution is 7.99. The fourth-order valence-electron chi connectivity index (χ4n) is 2.41. The highest BCUT2D eigenvalue weighted by atomic mass is 32.2. The zero-order valence-corrected chi connectivity index (χ0v) is 14.7. The molecule has 0 unspecified atom stereocenters. The van der Waals surface area contributed by atoms with Crippen molar-refractivity contribution >= 4 is 23.6 Å². The van der Waals surface area contributed by atoms with Crippen LogP contribution in [0.15, 0.2) is 24.3 Å². The van der Waals surface area contributed by atoms with Crippen LogP contribution in [-0.4, -0.2) is 47.5 Å². The van der Waals surface area contributed by atoms with Crippen molar-refractivity contribution < 1.29 is 14.3 Å². The van der Waals surface area contributed by atoms with E-state index >= 15 is 0 Å². The molecule has 1 aliphatic rings. The monoisotopic (exact) mass is 336 g/mol. The molecule has 0 spiro atoms. The predicted molar refractivity (Wildman–Crippen MR) is 92.6 cm³/mol. The summed E-state index contributed by atoms with van der Waals surface area (Å²) in [5, 5.41) is 2.97. The molecular weight excluding hydrogens is 312 g/mol. The van der Waals surface area contributed by atoms with E-state index < -0.39 is 0 Å². The third-order valence-corrected chi connectivity index (χ3v) is 5.01. The van der Waals surface area contributed by atoms with Gasteiger partial charge in [0.25, 0.3) is 0 Å². The second-order valence-corrected chi connectivity index (χ2v) is 6.73. The van der Waals surface area contributed by atoms with Gasteiger partial charge in [0.15, 0.2) is 0 Å². The maximum atomic E-state index is 12.6. The maximum absolute atomic E-state index is 12.6. The van der Waals surface area contributed by atoms with Crippen LogP contribution in [0.1, 0.15) is 25.8 Å². The molecule has 2 amide bonds. The summed E-state index contributed by atoms with van der Waals surface area (Å²) in [4.78, 5) is 26.6. The summed E-state index contributed by atoms with van der Waals surface area (Å²) in [6.45, 7) is 4.00. The Morgan fingerprint density at radius 1 is 1.48 bits per heavy atom. The number of amides is 2. The average molecular weight is 336 g/mol. The standard InChI is InChI=1S/C17H24N2O3S/c1-4-12(2)18-17(21)15-10-23-11-19(15)16(20)9-13-6-5-7-14(8-13)22-3/h5-8,12,15H,4,9-11H2,1-3H3,(H,18,21)/t12-,15-/m0/s1. The Bertz CT molecular complexity index is 565. The average Bonchev–Trinajstić information content (AvgIpc) is 3.04. The summed E-state index contributed by atoms with van der Waals surface area (Å²) in [5.41, 5.74) is 0.896. The maximum Gasteiger partial charge on any atom is 0.243 e. The van der Waals surface area contributed by atoms with Crippen molar-refractivity contribution in [1.82, 2.24) is 10.2 Å². The molecule has 0 bridgehead atoms. The van der Waals surface area contributed by atoms with Crippen LogP contribution in [0.3, 0.4) is 0 Å². The molecule has 1 aromatic carbocycles. The van der Waals surface area contributed by atoms with Crippen molar-refractivity contribution in [2.75, 3.05) is 18.7 Å². The van der Waals surface area contributed by atoms with Crippen LogP contribution in [0.4, 0.5) is 0 Å². The lowest BCUT2D eigenvalue weighted by atomic mass is 10.1. The molecule has 2 rings (SSSR count). The number of carbonyl (C=O) groups excluding carboxylic acids is 2. The number of ether oxygens (including phenoxy) is 1. The van der Waals surface area contributed by atoms with Crippen molar-refractivity contribution in [3.05, 3.63) is 29.8 Å². The molecule has 23 heavy (non-hydrogen) atoms. The van der Waals surface area contributed by atoms with Gasteiger partial charge in [0, 0.05) is 11.8 Å². The highest BCUT2D eigenvalue weighted by Crippen LogP contribution is 2.23. The molecule has 1 fully saturated rings. The second-order valence-electron chi connectivity index (χ2n) is 5.73. The minimum atomic E-state index is -0.368. The first-order chi connectivity index (χ1) is 11.0. The number of thioether (sulfide) groups is 1. The zero-order chi connectivity index (χ0) is 16.8. The van der Waals surface area contributed by atoms with Gasteiger partial charge < -0.3 is 15.0 Å². The molecule has 1 saturated heterocycles. The molecule has 0 radical (unpaired) electrons. The van der Waals surface area contributed by atoms with Crippen LogP contribution >= 0.6 is 11.8 Å². The summed E-state index contributed by atoms with van der Waals surface area (Å²) in [6, 6.07) is 7.23. The van der Waals surface area contributed by atoms with Crippen molar-refractivity contribution in [3.63, 3.8) is 0 Å². The number of rotatable bonds is 6. The Kier molecular flexibility index (Phi) is 6.33. The quantitative estimate of drug-likeness (QED) is 0.864. The lowest BCUT2D eigenvalue weighted by Gasteiger charge is -2.24. The third-order valence-electron chi connectivity index (χ3n) is 4.00. The molecule has 0 aliphatic carbocycles. The van der Waals surface area contributed by atoms with E-state index in [9.17, 15) is 9.59 Å². The molecule has 2 atom stereocenters. The Labute approximate surface area is 141 Å². The van der Waals surface area contributed by atoms with Crippen molar-refractivity contribution in [2.24, 2.45) is 0 Å². The van der Waals surface area contributed by atoms with Crippen LogP contribution < -0.4 is 10.1 Å². The Morgan fingerprint density at radius 2 is 2.26 bits per heavy atom. The molecule has 126 valence electrons. The fraction of sp³-hybridized carbons (Fsp3) is 0.529. The van der Waals surface area contributed by atoms with Gasteiger partial charge in [-0.1, -0.05) is 19.1 Å². The van der Waals surface area contributed by atoms with E-state index in [1.165, 1.54) is 0 Å². The van der Waals surface area contributed by atoms with Crippen LogP contribution in [0.5, 0.6) is 5.75 Å². The molecule has 0 saturated carbocycles. The molecule has 1 aliphatic heterocycles. The molecular formula is C17H24N2O3S. The molecule has 1 heterocycles. The number of carbonyl (C=O) groups is 2. The molecule has 1 N–H and O–H groups in total. The molecule has 0 aromatic heterocycles. The van der Waals surface area contributed by atoms with E-state index in [-0.39, 0.29) is 30.3 Å². The fourth-order valence-corrected chi connectivity index (χ4v) is 3.59. The smallest absolute Gasteiger partial charge is 0.243 e. The summed E-state index contributed by atoms with van der Waals surface area (Å²) in [6.07, 6.45) is 1.16. The SMILES string of the molecule is CC[C@H](C)NC(=O)[C@@H]1CSCN1C(=O)Cc1cccc(OC)c1. The number of hydrogen-bond donors (Lipinski definition) is 1. The van der Waals surface area contributed by atoms with Crippen LogP contribution in [0.25, 0.3) is 0 Å². The summed E-state index contributed by atoms with van der Waals surface area (Å²) in [7, 11) is 1.60. The van der Waals surface area contributed by atoms with Gasteiger partial charge in [0.2, 0.25) is 11.8 Å². The first-order valence-electron chi connectivity index (χ1n) is 7.85. The van der Waals surface area contributed by atoms with E-state index in [2.05, 4.69) is 5.32 Å². The first-order valence-corrected chi connectivity index (χ1v) is 9.01. The Morgan fingerprint density at radius 3 is 2.96 bits per heavy atom. The van der Waals surface area contributed by atoms with E-state index in [0.29, 0.717) is 11.6 Å². The topological polar surface area (TPSA) is 58.6 Å². The zero-order valence-electron chi connectivity index (χ0n) is 13.9. The van der Waals surface area contributed by atoms with Crippen molar-refractivity contribution in [1.29, 1.82) is 0 Å². The number of methoxy groups -OCH3 is 1. The first kappa shape index (κ1) is 17.7. The Balaban J connectivity index is 2.01. The van der Waals surface area contributed by atoms with E-state index in [1.807, 2.05) is 38.1 Å². The van der Waals surface area contributed by atoms with Crippen LogP contribution in [0, 0.1) is 0 Å². The number of benzene rings is 1. The number of hydrogen-bond acceptors (Lipinski definition) is 4.